The zero-order chi connectivity index (χ0) is 20.5. The summed E-state index contributed by atoms with van der Waals surface area (Å²) in [5, 5.41) is 3.40. The van der Waals surface area contributed by atoms with E-state index in [2.05, 4.69) is 29.3 Å². The van der Waals surface area contributed by atoms with Gasteiger partial charge in [0.15, 0.2) is 5.96 Å². The second-order valence-electron chi connectivity index (χ2n) is 7.50. The van der Waals surface area contributed by atoms with Crippen LogP contribution in [0.15, 0.2) is 29.3 Å². The molecule has 1 aromatic rings. The van der Waals surface area contributed by atoms with Crippen molar-refractivity contribution in [3.63, 3.8) is 0 Å². The molecule has 2 heterocycles. The van der Waals surface area contributed by atoms with Crippen molar-refractivity contribution in [3.05, 3.63) is 29.8 Å². The molecule has 0 bridgehead atoms. The monoisotopic (exact) mass is 402 g/mol. The van der Waals surface area contributed by atoms with Gasteiger partial charge in [-0.1, -0.05) is 12.1 Å². The van der Waals surface area contributed by atoms with E-state index < -0.39 is 0 Å². The van der Waals surface area contributed by atoms with Crippen molar-refractivity contribution in [2.75, 3.05) is 53.0 Å². The fraction of sp³-hybridized carbons (Fsp3) is 0.636. The Kier molecular flexibility index (Phi) is 8.16. The highest BCUT2D eigenvalue weighted by Gasteiger charge is 2.30. The normalized spacial score (nSPS) is 20.1. The van der Waals surface area contributed by atoms with Gasteiger partial charge in [0.05, 0.1) is 7.11 Å². The number of carbonyl (C=O) groups excluding carboxylic acids is 1. The van der Waals surface area contributed by atoms with Gasteiger partial charge in [0.2, 0.25) is 0 Å². The number of aliphatic imine (C=N–C) groups is 1. The number of guanidine groups is 1. The number of hydrogen-bond acceptors (Lipinski definition) is 4. The minimum atomic E-state index is -0.222. The summed E-state index contributed by atoms with van der Waals surface area (Å²) >= 11 is 0. The lowest BCUT2D eigenvalue weighted by Crippen LogP contribution is -2.55. The van der Waals surface area contributed by atoms with Gasteiger partial charge in [0.25, 0.3) is 5.91 Å². The number of ether oxygens (including phenoxy) is 2. The van der Waals surface area contributed by atoms with Crippen molar-refractivity contribution in [2.24, 2.45) is 4.99 Å². The maximum absolute atomic E-state index is 12.5. The molecule has 1 unspecified atom stereocenters. The van der Waals surface area contributed by atoms with Crippen LogP contribution >= 0.6 is 0 Å². The molecule has 3 rings (SSSR count). The predicted octanol–water partition coefficient (Wildman–Crippen LogP) is 1.92. The van der Waals surface area contributed by atoms with Crippen molar-refractivity contribution in [3.8, 4) is 5.75 Å². The van der Waals surface area contributed by atoms with Crippen LogP contribution in [0.4, 0.5) is 0 Å². The molecule has 0 aromatic heterocycles. The molecular formula is C22H34N4O3. The number of amides is 1. The fourth-order valence-corrected chi connectivity index (χ4v) is 3.84. The third kappa shape index (κ3) is 6.10. The lowest BCUT2D eigenvalue weighted by molar-refractivity contribution is -0.142. The van der Waals surface area contributed by atoms with E-state index in [9.17, 15) is 4.79 Å². The summed E-state index contributed by atoms with van der Waals surface area (Å²) < 4.78 is 10.8. The van der Waals surface area contributed by atoms with Crippen LogP contribution in [0.25, 0.3) is 0 Å². The van der Waals surface area contributed by atoms with Gasteiger partial charge in [-0.2, -0.15) is 0 Å². The number of nitrogens with zero attached hydrogens (tertiary/aromatic N) is 3. The van der Waals surface area contributed by atoms with Crippen LogP contribution in [-0.2, 0) is 16.0 Å². The first-order chi connectivity index (χ1) is 14.2. The molecule has 2 fully saturated rings. The van der Waals surface area contributed by atoms with E-state index in [4.69, 9.17) is 14.5 Å². The minimum Gasteiger partial charge on any atom is -0.497 e. The highest BCUT2D eigenvalue weighted by Crippen LogP contribution is 2.16. The summed E-state index contributed by atoms with van der Waals surface area (Å²) in [6, 6.07) is 8.20. The summed E-state index contributed by atoms with van der Waals surface area (Å²) in [7, 11) is 1.69. The number of benzene rings is 1. The topological polar surface area (TPSA) is 66.4 Å². The molecular weight excluding hydrogens is 368 g/mol. The minimum absolute atomic E-state index is 0.155. The van der Waals surface area contributed by atoms with E-state index in [0.29, 0.717) is 6.61 Å². The van der Waals surface area contributed by atoms with Crippen LogP contribution in [0.1, 0.15) is 31.7 Å². The van der Waals surface area contributed by atoms with Gasteiger partial charge < -0.3 is 24.6 Å². The first-order valence-corrected chi connectivity index (χ1v) is 10.8. The van der Waals surface area contributed by atoms with Gasteiger partial charge in [0.1, 0.15) is 11.9 Å². The van der Waals surface area contributed by atoms with Crippen LogP contribution < -0.4 is 10.1 Å². The van der Waals surface area contributed by atoms with Gasteiger partial charge in [0, 0.05) is 45.9 Å². The number of aryl methyl sites for hydroxylation is 1. The van der Waals surface area contributed by atoms with Gasteiger partial charge >= 0.3 is 0 Å². The summed E-state index contributed by atoms with van der Waals surface area (Å²) in [6.07, 6.45) is 3.59. The highest BCUT2D eigenvalue weighted by molar-refractivity contribution is 5.82. The lowest BCUT2D eigenvalue weighted by Gasteiger charge is -2.37. The zero-order valence-electron chi connectivity index (χ0n) is 17.7. The Morgan fingerprint density at radius 3 is 2.76 bits per heavy atom. The summed E-state index contributed by atoms with van der Waals surface area (Å²) in [4.78, 5) is 21.5. The van der Waals surface area contributed by atoms with Crippen molar-refractivity contribution >= 4 is 11.9 Å². The molecule has 2 saturated heterocycles. The molecule has 0 radical (unpaired) electrons. The van der Waals surface area contributed by atoms with Crippen LogP contribution in [0.2, 0.25) is 0 Å². The number of methoxy groups -OCH3 is 1. The van der Waals surface area contributed by atoms with Gasteiger partial charge in [-0.3, -0.25) is 9.79 Å². The molecule has 0 spiro atoms. The third-order valence-electron chi connectivity index (χ3n) is 5.45. The largest absolute Gasteiger partial charge is 0.497 e. The van der Waals surface area contributed by atoms with Crippen molar-refractivity contribution in [2.45, 2.75) is 38.7 Å². The van der Waals surface area contributed by atoms with Crippen LogP contribution in [0.3, 0.4) is 0 Å². The molecule has 1 amide bonds. The predicted molar refractivity (Wildman–Crippen MR) is 114 cm³/mol. The van der Waals surface area contributed by atoms with E-state index in [1.807, 2.05) is 17.0 Å². The number of rotatable bonds is 7. The average molecular weight is 403 g/mol. The molecule has 7 heteroatoms. The average Bonchev–Trinajstić information content (AvgIpc) is 3.30. The van der Waals surface area contributed by atoms with E-state index >= 15 is 0 Å². The van der Waals surface area contributed by atoms with E-state index in [0.717, 1.165) is 76.7 Å². The second kappa shape index (κ2) is 11.0. The Morgan fingerprint density at radius 2 is 2.07 bits per heavy atom. The van der Waals surface area contributed by atoms with Crippen molar-refractivity contribution < 1.29 is 14.3 Å². The van der Waals surface area contributed by atoms with Gasteiger partial charge in [-0.25, -0.2) is 0 Å². The molecule has 1 N–H and O–H groups in total. The van der Waals surface area contributed by atoms with Gasteiger partial charge in [-0.15, -0.1) is 0 Å². The van der Waals surface area contributed by atoms with Crippen molar-refractivity contribution in [1.82, 2.24) is 15.1 Å². The quantitative estimate of drug-likeness (QED) is 0.429. The standard InChI is InChI=1S/C22H34N4O3/c1-3-23-22(24-11-5-8-18-7-4-9-19(17-18)28-2)26-14-12-25(13-15-26)21(27)20-10-6-16-29-20/h4,7,9,17,20H,3,5-6,8,10-16H2,1-2H3,(H,23,24). The summed E-state index contributed by atoms with van der Waals surface area (Å²) in [5.74, 6) is 2.00. The number of nitrogens with one attached hydrogen (secondary N) is 1. The first kappa shape index (κ1) is 21.4. The Balaban J connectivity index is 1.47. The van der Waals surface area contributed by atoms with Crippen LogP contribution in [-0.4, -0.2) is 80.8 Å². The Labute approximate surface area is 174 Å². The molecule has 2 aliphatic heterocycles. The smallest absolute Gasteiger partial charge is 0.251 e. The summed E-state index contributed by atoms with van der Waals surface area (Å²) in [5.41, 5.74) is 1.27. The third-order valence-corrected chi connectivity index (χ3v) is 5.45. The summed E-state index contributed by atoms with van der Waals surface area (Å²) in [6.45, 7) is 7.48. The van der Waals surface area contributed by atoms with E-state index in [1.54, 1.807) is 7.11 Å². The number of carbonyl (C=O) groups is 1. The molecule has 1 atom stereocenters. The molecule has 0 saturated carbocycles. The van der Waals surface area contributed by atoms with E-state index in [1.165, 1.54) is 5.56 Å². The molecule has 0 aliphatic carbocycles. The molecule has 7 nitrogen and oxygen atoms in total. The van der Waals surface area contributed by atoms with E-state index in [-0.39, 0.29) is 12.0 Å². The van der Waals surface area contributed by atoms with Crippen LogP contribution in [0, 0.1) is 0 Å². The van der Waals surface area contributed by atoms with Gasteiger partial charge in [-0.05, 0) is 50.3 Å². The SMILES string of the molecule is CCNC(=NCCCc1cccc(OC)c1)N1CCN(C(=O)C2CCCO2)CC1. The second-order valence-corrected chi connectivity index (χ2v) is 7.50. The zero-order valence-corrected chi connectivity index (χ0v) is 17.7. The Morgan fingerprint density at radius 1 is 1.28 bits per heavy atom. The molecule has 160 valence electrons. The Hall–Kier alpha value is -2.28. The van der Waals surface area contributed by atoms with Crippen LogP contribution in [0.5, 0.6) is 5.75 Å². The Bertz CT molecular complexity index is 680. The lowest BCUT2D eigenvalue weighted by atomic mass is 10.1. The number of piperazine rings is 1. The molecule has 2 aliphatic rings. The molecule has 29 heavy (non-hydrogen) atoms. The maximum atomic E-state index is 12.5. The molecule has 1 aromatic carbocycles. The first-order valence-electron chi connectivity index (χ1n) is 10.8. The number of hydrogen-bond donors (Lipinski definition) is 1. The highest BCUT2D eigenvalue weighted by atomic mass is 16.5. The van der Waals surface area contributed by atoms with Crippen molar-refractivity contribution in [1.29, 1.82) is 0 Å². The fourth-order valence-electron chi connectivity index (χ4n) is 3.84. The maximum Gasteiger partial charge on any atom is 0.251 e.